The standard InChI is InChI=1S/C78H108N18O16S/c1-45(2)32-57(72(106)90-59(33-50-21-23-53(24-22-50)52-17-11-10-12-18-52)74(108)94-69(47(5)6)78(112)95(9)30-31-96-29-15-16-48(96)7)89-73(107)60(35-54-36-82-56-20-14-13-19-55(54)56)87-65(101)39-84-64(100)38-85-71(105)58(34-51-25-27-80-28-26-51)88-67(103)43-113-42-62(76(110)86-49(8)70(79)104)92-75(109)61(41-97)91-77(111)68(46(3)4)93-66(102)40-83-63(99)37-81-44-98/h10-14,17-28,36,44-49,57-62,68-69,82,97H,15-16,29-35,37-43H2,1-9H3,(H2,79,104)(H,81,98)(H,83,99)(H,84,100)(H,85,105)(H,86,110)(H,87,101)(H,88,103)(H,89,107)(H,90,106)(H,91,111)(H,92,109)(H,93,102)(H,94,108)/t48?,49?,57?,58-,59-,60-,61-,62?,68?,69?/m0/s1. The van der Waals surface area contributed by atoms with E-state index in [0.29, 0.717) is 35.8 Å². The zero-order valence-corrected chi connectivity index (χ0v) is 66.0. The summed E-state index contributed by atoms with van der Waals surface area (Å²) in [5.41, 5.74) is 9.85. The van der Waals surface area contributed by atoms with Crippen LogP contribution in [0.1, 0.15) is 91.3 Å². The first-order valence-electron chi connectivity index (χ1n) is 37.6. The highest BCUT2D eigenvalue weighted by Gasteiger charge is 2.37. The Hall–Kier alpha value is -11.3. The molecule has 0 saturated carbocycles. The summed E-state index contributed by atoms with van der Waals surface area (Å²) in [5.74, 6) is -13.2. The van der Waals surface area contributed by atoms with Gasteiger partial charge in [-0.2, -0.15) is 0 Å². The topological polar surface area (TPSA) is 494 Å². The van der Waals surface area contributed by atoms with Crippen LogP contribution >= 0.6 is 11.8 Å². The van der Waals surface area contributed by atoms with Crippen molar-refractivity contribution in [2.45, 2.75) is 154 Å². The van der Waals surface area contributed by atoms with Crippen LogP contribution in [0.25, 0.3) is 22.0 Å². The molecule has 34 nitrogen and oxygen atoms in total. The molecule has 0 radical (unpaired) electrons. The fourth-order valence-electron chi connectivity index (χ4n) is 12.3. The van der Waals surface area contributed by atoms with Crippen molar-refractivity contribution < 1.29 is 77.0 Å². The first kappa shape index (κ1) is 90.6. The quantitative estimate of drug-likeness (QED) is 0.0192. The van der Waals surface area contributed by atoms with E-state index >= 15 is 0 Å². The Bertz CT molecular complexity index is 4080. The molecule has 5 aromatic rings. The molecule has 17 N–H and O–H groups in total. The number of aromatic nitrogens is 2. The number of aliphatic hydroxyl groups is 1. The normalized spacial score (nSPS) is 15.0. The van der Waals surface area contributed by atoms with Crippen LogP contribution in [-0.2, 0) is 91.2 Å². The predicted molar refractivity (Wildman–Crippen MR) is 422 cm³/mol. The third-order valence-corrected chi connectivity index (χ3v) is 19.8. The fourth-order valence-corrected chi connectivity index (χ4v) is 13.1. The molecule has 612 valence electrons. The van der Waals surface area contributed by atoms with Crippen molar-refractivity contribution in [3.8, 4) is 11.1 Å². The molecule has 1 fully saturated rings. The van der Waals surface area contributed by atoms with Crippen LogP contribution in [0.5, 0.6) is 0 Å². The summed E-state index contributed by atoms with van der Waals surface area (Å²) in [7, 11) is 1.71. The lowest BCUT2D eigenvalue weighted by atomic mass is 9.97. The van der Waals surface area contributed by atoms with Crippen molar-refractivity contribution in [3.63, 3.8) is 0 Å². The number of likely N-dealkylation sites (N-methyl/N-ethyl adjacent to an activating group) is 1. The van der Waals surface area contributed by atoms with Crippen LogP contribution in [0, 0.1) is 17.8 Å². The number of benzene rings is 3. The lowest BCUT2D eigenvalue weighted by molar-refractivity contribution is -0.138. The van der Waals surface area contributed by atoms with E-state index in [2.05, 4.69) is 90.9 Å². The maximum Gasteiger partial charge on any atom is 0.245 e. The molecule has 1 saturated heterocycles. The van der Waals surface area contributed by atoms with Crippen molar-refractivity contribution in [1.29, 1.82) is 0 Å². The van der Waals surface area contributed by atoms with Gasteiger partial charge in [0, 0.05) is 80.7 Å². The number of rotatable bonds is 46. The Morgan fingerprint density at radius 1 is 0.566 bits per heavy atom. The Labute approximate surface area is 660 Å². The van der Waals surface area contributed by atoms with Gasteiger partial charge in [-0.3, -0.25) is 81.8 Å². The van der Waals surface area contributed by atoms with Gasteiger partial charge in [-0.15, -0.1) is 11.8 Å². The third-order valence-electron chi connectivity index (χ3n) is 18.8. The van der Waals surface area contributed by atoms with Gasteiger partial charge in [0.15, 0.2) is 0 Å². The number of para-hydroxylation sites is 1. The number of carbonyl (C=O) groups is 15. The van der Waals surface area contributed by atoms with E-state index < -0.39 is 181 Å². The van der Waals surface area contributed by atoms with E-state index in [9.17, 15) is 77.0 Å². The van der Waals surface area contributed by atoms with Gasteiger partial charge in [0.05, 0.1) is 38.5 Å². The van der Waals surface area contributed by atoms with E-state index in [1.807, 2.05) is 100 Å². The number of nitrogens with two attached hydrogens (primary N) is 1. The number of nitrogens with one attached hydrogen (secondary N) is 14. The Morgan fingerprint density at radius 3 is 1.72 bits per heavy atom. The Balaban J connectivity index is 1.12. The number of aliphatic hydroxyl groups excluding tert-OH is 1. The average molecular weight is 1590 g/mol. The summed E-state index contributed by atoms with van der Waals surface area (Å²) in [6.45, 7) is 12.5. The highest BCUT2D eigenvalue weighted by molar-refractivity contribution is 8.00. The van der Waals surface area contributed by atoms with Crippen molar-refractivity contribution in [2.75, 3.05) is 71.0 Å². The Kier molecular flexibility index (Phi) is 36.8. The number of carbonyl (C=O) groups excluding carboxylic acids is 15. The SMILES string of the molecule is CC(C)CC(NC(=O)[C@H](Cc1c[nH]c2ccccc12)NC(=O)CNC(=O)CNC(=O)[C@H](Cc1ccncc1)NC(=O)CSCC(NC(=O)[C@H](CO)NC(=O)C(NC(=O)CNC(=O)CNC=O)C(C)C)C(=O)NC(C)C(N)=O)C(=O)N[C@@H](Cc1ccc(-c2ccccc2)cc1)C(=O)NC(C(=O)N(C)CCN1CCCC1C)C(C)C. The van der Waals surface area contributed by atoms with E-state index in [-0.39, 0.29) is 49.8 Å². The lowest BCUT2D eigenvalue weighted by Gasteiger charge is -2.31. The van der Waals surface area contributed by atoms with Crippen LogP contribution < -0.4 is 74.9 Å². The zero-order valence-electron chi connectivity index (χ0n) is 65.2. The molecule has 15 amide bonds. The fraction of sp³-hybridized carbons (Fsp3) is 0.487. The van der Waals surface area contributed by atoms with E-state index in [0.717, 1.165) is 53.2 Å². The first-order chi connectivity index (χ1) is 53.8. The molecule has 0 aliphatic carbocycles. The van der Waals surface area contributed by atoms with Crippen molar-refractivity contribution in [3.05, 3.63) is 126 Å². The number of fused-ring (bicyclic) bond motifs is 1. The van der Waals surface area contributed by atoms with E-state index in [1.165, 1.54) is 19.3 Å². The number of nitrogens with zero attached hydrogens (tertiary/aromatic N) is 3. The maximum atomic E-state index is 14.9. The van der Waals surface area contributed by atoms with Gasteiger partial charge in [0.25, 0.3) is 0 Å². The van der Waals surface area contributed by atoms with Crippen molar-refractivity contribution >= 4 is 112 Å². The van der Waals surface area contributed by atoms with Gasteiger partial charge in [-0.25, -0.2) is 0 Å². The average Bonchev–Trinajstić information content (AvgIpc) is 0.867. The van der Waals surface area contributed by atoms with Gasteiger partial charge in [0.1, 0.15) is 54.4 Å². The number of H-pyrrole nitrogens is 1. The number of thioether (sulfide) groups is 1. The van der Waals surface area contributed by atoms with Crippen LogP contribution in [0.15, 0.2) is 110 Å². The smallest absolute Gasteiger partial charge is 0.245 e. The number of pyridine rings is 1. The molecule has 3 aromatic carbocycles. The highest BCUT2D eigenvalue weighted by atomic mass is 32.2. The van der Waals surface area contributed by atoms with Crippen LogP contribution in [-0.4, -0.2) is 245 Å². The molecule has 6 unspecified atom stereocenters. The third kappa shape index (κ3) is 30.0. The second kappa shape index (κ2) is 45.9. The molecule has 10 atom stereocenters. The Morgan fingerprint density at radius 2 is 1.10 bits per heavy atom. The van der Waals surface area contributed by atoms with Crippen molar-refractivity contribution in [2.24, 2.45) is 23.5 Å². The number of likely N-dealkylation sites (tertiary alicyclic amines) is 1. The molecule has 3 heterocycles. The molecule has 1 aliphatic rings. The van der Waals surface area contributed by atoms with Crippen LogP contribution in [0.4, 0.5) is 0 Å². The highest BCUT2D eigenvalue weighted by Crippen LogP contribution is 2.23. The lowest BCUT2D eigenvalue weighted by Crippen LogP contribution is -2.60. The molecule has 6 rings (SSSR count). The number of hydrogen-bond acceptors (Lipinski definition) is 19. The molecular weight excluding hydrogens is 1480 g/mol. The van der Waals surface area contributed by atoms with Crippen LogP contribution in [0.2, 0.25) is 0 Å². The van der Waals surface area contributed by atoms with Gasteiger partial charge in [0.2, 0.25) is 89.1 Å². The summed E-state index contributed by atoms with van der Waals surface area (Å²) in [5, 5.41) is 43.8. The predicted octanol–water partition coefficient (Wildman–Crippen LogP) is -1.75. The molecule has 2 aromatic heterocycles. The van der Waals surface area contributed by atoms with Gasteiger partial charge in [-0.1, -0.05) is 114 Å². The molecule has 1 aliphatic heterocycles. The minimum atomic E-state index is -1.73. The minimum Gasteiger partial charge on any atom is -0.394 e. The number of aromatic amines is 1. The second-order valence-electron chi connectivity index (χ2n) is 28.9. The maximum absolute atomic E-state index is 14.9. The largest absolute Gasteiger partial charge is 0.394 e. The van der Waals surface area contributed by atoms with Gasteiger partial charge in [-0.05, 0) is 103 Å². The molecule has 35 heteroatoms. The van der Waals surface area contributed by atoms with E-state index in [1.54, 1.807) is 50.2 Å². The molecule has 113 heavy (non-hydrogen) atoms. The first-order valence-corrected chi connectivity index (χ1v) is 38.7. The van der Waals surface area contributed by atoms with Gasteiger partial charge < -0.3 is 89.8 Å². The summed E-state index contributed by atoms with van der Waals surface area (Å²) in [6, 6.07) is 16.0. The zero-order chi connectivity index (χ0) is 82.8. The summed E-state index contributed by atoms with van der Waals surface area (Å²) in [6.07, 6.45) is 6.85. The van der Waals surface area contributed by atoms with Gasteiger partial charge >= 0.3 is 0 Å². The molecular formula is C78H108N18O16S. The monoisotopic (exact) mass is 1580 g/mol. The van der Waals surface area contributed by atoms with E-state index in [4.69, 9.17) is 5.73 Å². The second-order valence-corrected chi connectivity index (χ2v) is 29.9. The molecule has 0 spiro atoms. The summed E-state index contributed by atoms with van der Waals surface area (Å²) in [4.78, 5) is 213. The van der Waals surface area contributed by atoms with Crippen LogP contribution in [0.3, 0.4) is 0 Å². The minimum absolute atomic E-state index is 0.0000000313. The van der Waals surface area contributed by atoms with Crippen molar-refractivity contribution in [1.82, 2.24) is 88.9 Å². The number of hydrogen-bond donors (Lipinski definition) is 16. The summed E-state index contributed by atoms with van der Waals surface area (Å²) >= 11 is 0.780. The molecule has 0 bridgehead atoms. The number of primary amides is 1. The number of amides is 15. The summed E-state index contributed by atoms with van der Waals surface area (Å²) < 4.78 is 0.